The average molecular weight is 359 g/mol. The number of hydrogen-bond donors (Lipinski definition) is 0. The first-order valence-electron chi connectivity index (χ1n) is 8.83. The van der Waals surface area contributed by atoms with Crippen molar-refractivity contribution in [2.75, 3.05) is 11.4 Å². The minimum Gasteiger partial charge on any atom is -0.439 e. The molecule has 1 aliphatic heterocycles. The van der Waals surface area contributed by atoms with Gasteiger partial charge in [0.2, 0.25) is 11.8 Å². The summed E-state index contributed by atoms with van der Waals surface area (Å²) in [6, 6.07) is 16.5. The quantitative estimate of drug-likeness (QED) is 0.697. The third kappa shape index (κ3) is 3.32. The summed E-state index contributed by atoms with van der Waals surface area (Å²) in [6.07, 6.45) is 1.55. The molecule has 0 saturated carbocycles. The van der Waals surface area contributed by atoms with E-state index < -0.39 is 5.92 Å². The second-order valence-electron chi connectivity index (χ2n) is 6.54. The van der Waals surface area contributed by atoms with E-state index >= 15 is 0 Å². The van der Waals surface area contributed by atoms with Crippen LogP contribution in [0.2, 0.25) is 0 Å². The van der Waals surface area contributed by atoms with Gasteiger partial charge in [-0.2, -0.15) is 5.26 Å². The van der Waals surface area contributed by atoms with Crippen molar-refractivity contribution in [1.82, 2.24) is 4.98 Å². The SMILES string of the molecule is N#C[C@@H](C(=O)Cc1ccc(N2CCCC2=O)cc1)c1nc2ccccc2o1. The number of carbonyl (C=O) groups excluding carboxylic acids is 2. The summed E-state index contributed by atoms with van der Waals surface area (Å²) in [5, 5.41) is 9.45. The van der Waals surface area contributed by atoms with Gasteiger partial charge in [0.25, 0.3) is 0 Å². The van der Waals surface area contributed by atoms with E-state index in [4.69, 9.17) is 4.42 Å². The number of oxazole rings is 1. The highest BCUT2D eigenvalue weighted by Crippen LogP contribution is 2.25. The van der Waals surface area contributed by atoms with Gasteiger partial charge in [0.05, 0.1) is 6.07 Å². The minimum atomic E-state index is -1.04. The van der Waals surface area contributed by atoms with Crippen LogP contribution in [0.25, 0.3) is 11.1 Å². The summed E-state index contributed by atoms with van der Waals surface area (Å²) in [7, 11) is 0. The van der Waals surface area contributed by atoms with Crippen molar-refractivity contribution < 1.29 is 14.0 Å². The van der Waals surface area contributed by atoms with Crippen molar-refractivity contribution >= 4 is 28.5 Å². The molecule has 2 heterocycles. The Bertz CT molecular complexity index is 1010. The van der Waals surface area contributed by atoms with Crippen LogP contribution in [-0.2, 0) is 16.0 Å². The molecule has 0 bridgehead atoms. The van der Waals surface area contributed by atoms with E-state index in [1.165, 1.54) is 0 Å². The van der Waals surface area contributed by atoms with Gasteiger partial charge in [-0.05, 0) is 36.2 Å². The van der Waals surface area contributed by atoms with Crippen molar-refractivity contribution in [1.29, 1.82) is 5.26 Å². The molecule has 0 N–H and O–H groups in total. The van der Waals surface area contributed by atoms with Crippen LogP contribution in [0.3, 0.4) is 0 Å². The summed E-state index contributed by atoms with van der Waals surface area (Å²) in [6.45, 7) is 0.728. The highest BCUT2D eigenvalue weighted by molar-refractivity contribution is 5.95. The molecule has 2 aromatic carbocycles. The topological polar surface area (TPSA) is 87.2 Å². The second-order valence-corrected chi connectivity index (χ2v) is 6.54. The van der Waals surface area contributed by atoms with Gasteiger partial charge in [-0.15, -0.1) is 0 Å². The highest BCUT2D eigenvalue weighted by atomic mass is 16.3. The summed E-state index contributed by atoms with van der Waals surface area (Å²) >= 11 is 0. The van der Waals surface area contributed by atoms with E-state index in [9.17, 15) is 14.9 Å². The predicted molar refractivity (Wildman–Crippen MR) is 99.1 cm³/mol. The maximum absolute atomic E-state index is 12.6. The van der Waals surface area contributed by atoms with Gasteiger partial charge in [0, 0.05) is 25.1 Å². The normalized spacial score (nSPS) is 15.1. The summed E-state index contributed by atoms with van der Waals surface area (Å²) in [4.78, 5) is 30.5. The van der Waals surface area contributed by atoms with Crippen LogP contribution in [0.15, 0.2) is 52.9 Å². The number of aromatic nitrogens is 1. The first-order valence-corrected chi connectivity index (χ1v) is 8.83. The molecule has 1 aromatic heterocycles. The number of para-hydroxylation sites is 2. The number of fused-ring (bicyclic) bond motifs is 1. The van der Waals surface area contributed by atoms with Crippen LogP contribution >= 0.6 is 0 Å². The fourth-order valence-electron chi connectivity index (χ4n) is 3.30. The fourth-order valence-corrected chi connectivity index (χ4v) is 3.30. The van der Waals surface area contributed by atoms with Crippen LogP contribution in [0.4, 0.5) is 5.69 Å². The third-order valence-electron chi connectivity index (χ3n) is 4.71. The molecule has 1 atom stereocenters. The van der Waals surface area contributed by atoms with Crippen LogP contribution in [0.1, 0.15) is 30.2 Å². The number of rotatable bonds is 5. The molecule has 4 rings (SSSR count). The monoisotopic (exact) mass is 359 g/mol. The Hall–Kier alpha value is -3.46. The van der Waals surface area contributed by atoms with Crippen LogP contribution < -0.4 is 4.90 Å². The van der Waals surface area contributed by atoms with Gasteiger partial charge in [-0.3, -0.25) is 9.59 Å². The molecule has 1 saturated heterocycles. The van der Waals surface area contributed by atoms with E-state index in [-0.39, 0.29) is 24.0 Å². The van der Waals surface area contributed by atoms with Crippen molar-refractivity contribution in [3.05, 3.63) is 60.0 Å². The number of carbonyl (C=O) groups is 2. The molecule has 0 unspecified atom stereocenters. The number of benzene rings is 2. The molecule has 0 aliphatic carbocycles. The van der Waals surface area contributed by atoms with Crippen molar-refractivity contribution in [3.63, 3.8) is 0 Å². The molecule has 1 aliphatic rings. The number of amides is 1. The zero-order valence-electron chi connectivity index (χ0n) is 14.6. The third-order valence-corrected chi connectivity index (χ3v) is 4.71. The summed E-state index contributed by atoms with van der Waals surface area (Å²) in [5.74, 6) is -1.06. The molecule has 6 nitrogen and oxygen atoms in total. The number of hydrogen-bond acceptors (Lipinski definition) is 5. The molecule has 134 valence electrons. The molecule has 1 fully saturated rings. The van der Waals surface area contributed by atoms with E-state index in [1.807, 2.05) is 42.5 Å². The van der Waals surface area contributed by atoms with E-state index in [2.05, 4.69) is 4.98 Å². The Morgan fingerprint density at radius 1 is 1.22 bits per heavy atom. The van der Waals surface area contributed by atoms with Gasteiger partial charge in [-0.25, -0.2) is 4.98 Å². The lowest BCUT2D eigenvalue weighted by Gasteiger charge is -2.15. The first kappa shape index (κ1) is 17.0. The number of nitriles is 1. The Kier molecular flexibility index (Phi) is 4.43. The van der Waals surface area contributed by atoms with Crippen LogP contribution in [0, 0.1) is 11.3 Å². The molecule has 1 amide bonds. The number of anilines is 1. The van der Waals surface area contributed by atoms with E-state index in [0.29, 0.717) is 17.5 Å². The van der Waals surface area contributed by atoms with E-state index in [0.717, 1.165) is 24.2 Å². The average Bonchev–Trinajstić information content (AvgIpc) is 3.29. The number of nitrogens with zero attached hydrogens (tertiary/aromatic N) is 3. The Labute approximate surface area is 156 Å². The first-order chi connectivity index (χ1) is 13.2. The van der Waals surface area contributed by atoms with Crippen molar-refractivity contribution in [3.8, 4) is 6.07 Å². The van der Waals surface area contributed by atoms with Gasteiger partial charge in [-0.1, -0.05) is 24.3 Å². The van der Waals surface area contributed by atoms with Crippen molar-refractivity contribution in [2.45, 2.75) is 25.2 Å². The zero-order valence-corrected chi connectivity index (χ0v) is 14.6. The van der Waals surface area contributed by atoms with Crippen LogP contribution in [-0.4, -0.2) is 23.2 Å². The molecular weight excluding hydrogens is 342 g/mol. The fraction of sp³-hybridized carbons (Fsp3) is 0.238. The molecule has 6 heteroatoms. The minimum absolute atomic E-state index is 0.102. The van der Waals surface area contributed by atoms with Crippen molar-refractivity contribution in [2.24, 2.45) is 0 Å². The standard InChI is InChI=1S/C21H17N3O3/c22-13-16(21-23-17-4-1-2-5-19(17)27-21)18(25)12-14-7-9-15(10-8-14)24-11-3-6-20(24)26/h1-2,4-5,7-10,16H,3,6,11-12H2/t16-/m0/s1. The Balaban J connectivity index is 1.50. The van der Waals surface area contributed by atoms with Crippen LogP contribution in [0.5, 0.6) is 0 Å². The lowest BCUT2D eigenvalue weighted by atomic mass is 9.98. The second kappa shape index (κ2) is 7.04. The molecule has 0 spiro atoms. The van der Waals surface area contributed by atoms with Gasteiger partial charge < -0.3 is 9.32 Å². The molecule has 27 heavy (non-hydrogen) atoms. The Morgan fingerprint density at radius 3 is 2.67 bits per heavy atom. The maximum Gasteiger partial charge on any atom is 0.227 e. The predicted octanol–water partition coefficient (Wildman–Crippen LogP) is 3.37. The Morgan fingerprint density at radius 2 is 2.00 bits per heavy atom. The van der Waals surface area contributed by atoms with Gasteiger partial charge in [0.15, 0.2) is 17.3 Å². The lowest BCUT2D eigenvalue weighted by molar-refractivity contribution is -0.119. The molecule has 3 aromatic rings. The van der Waals surface area contributed by atoms with E-state index in [1.54, 1.807) is 17.0 Å². The summed E-state index contributed by atoms with van der Waals surface area (Å²) < 4.78 is 5.58. The maximum atomic E-state index is 12.6. The smallest absolute Gasteiger partial charge is 0.227 e. The number of ketones is 1. The lowest BCUT2D eigenvalue weighted by Crippen LogP contribution is -2.23. The van der Waals surface area contributed by atoms with Gasteiger partial charge in [0.1, 0.15) is 5.52 Å². The summed E-state index contributed by atoms with van der Waals surface area (Å²) in [5.41, 5.74) is 2.80. The molecule has 0 radical (unpaired) electrons. The highest BCUT2D eigenvalue weighted by Gasteiger charge is 2.26. The molecular formula is C21H17N3O3. The number of Topliss-reactive ketones (excluding diaryl/α,β-unsaturated/α-hetero) is 1. The largest absolute Gasteiger partial charge is 0.439 e. The zero-order chi connectivity index (χ0) is 18.8. The van der Waals surface area contributed by atoms with Gasteiger partial charge >= 0.3 is 0 Å².